The summed E-state index contributed by atoms with van der Waals surface area (Å²) in [4.78, 5) is 10.8. The molecule has 0 amide bonds. The Morgan fingerprint density at radius 3 is 2.17 bits per heavy atom. The minimum absolute atomic E-state index is 0.0194. The maximum atomic E-state index is 10.8. The van der Waals surface area contributed by atoms with Crippen molar-refractivity contribution < 1.29 is 9.90 Å². The van der Waals surface area contributed by atoms with Gasteiger partial charge in [0.25, 0.3) is 0 Å². The monoisotopic (exact) mass is 168 g/mol. The summed E-state index contributed by atoms with van der Waals surface area (Å²) in [6.07, 6.45) is 7.10. The molecule has 0 saturated heterocycles. The summed E-state index contributed by atoms with van der Waals surface area (Å²) < 4.78 is 0. The zero-order chi connectivity index (χ0) is 8.55. The summed E-state index contributed by atoms with van der Waals surface area (Å²) in [7, 11) is 0. The highest BCUT2D eigenvalue weighted by atomic mass is 16.4. The summed E-state index contributed by atoms with van der Waals surface area (Å²) in [5.41, 5.74) is 0. The van der Waals surface area contributed by atoms with E-state index >= 15 is 0 Å². The highest BCUT2D eigenvalue weighted by Gasteiger charge is 2.34. The highest BCUT2D eigenvalue weighted by molar-refractivity contribution is 5.70. The van der Waals surface area contributed by atoms with E-state index in [2.05, 4.69) is 0 Å². The van der Waals surface area contributed by atoms with Gasteiger partial charge in [-0.3, -0.25) is 4.79 Å². The zero-order valence-electron chi connectivity index (χ0n) is 7.33. The normalized spacial score (nSPS) is 40.8. The molecule has 0 heterocycles. The van der Waals surface area contributed by atoms with Gasteiger partial charge in [0.2, 0.25) is 0 Å². The third-order valence-electron chi connectivity index (χ3n) is 3.48. The molecule has 3 atom stereocenters. The lowest BCUT2D eigenvalue weighted by Crippen LogP contribution is -2.30. The maximum Gasteiger partial charge on any atom is 0.306 e. The van der Waals surface area contributed by atoms with Crippen molar-refractivity contribution in [1.29, 1.82) is 0 Å². The van der Waals surface area contributed by atoms with Gasteiger partial charge in [-0.2, -0.15) is 0 Å². The van der Waals surface area contributed by atoms with E-state index in [0.29, 0.717) is 0 Å². The number of hydrogen-bond acceptors (Lipinski definition) is 1. The third kappa shape index (κ3) is 1.47. The first-order valence-corrected chi connectivity index (χ1v) is 4.98. The van der Waals surface area contributed by atoms with Crippen molar-refractivity contribution in [2.24, 2.45) is 17.8 Å². The Balaban J connectivity index is 2.00. The average Bonchev–Trinajstić information content (AvgIpc) is 2.03. The van der Waals surface area contributed by atoms with Gasteiger partial charge in [0.1, 0.15) is 0 Å². The van der Waals surface area contributed by atoms with Crippen molar-refractivity contribution in [3.8, 4) is 0 Å². The first-order chi connectivity index (χ1) is 5.75. The Bertz CT molecular complexity index is 176. The van der Waals surface area contributed by atoms with Crippen LogP contribution in [0.15, 0.2) is 0 Å². The van der Waals surface area contributed by atoms with Crippen LogP contribution in [0.3, 0.4) is 0 Å². The summed E-state index contributed by atoms with van der Waals surface area (Å²) in [5.74, 6) is 0.887. The van der Waals surface area contributed by atoms with Crippen LogP contribution >= 0.6 is 0 Å². The molecule has 0 spiro atoms. The molecule has 2 saturated carbocycles. The fourth-order valence-corrected chi connectivity index (χ4v) is 2.93. The third-order valence-corrected chi connectivity index (χ3v) is 3.48. The molecule has 0 aromatic heterocycles. The Morgan fingerprint density at radius 1 is 1.08 bits per heavy atom. The minimum atomic E-state index is -0.563. The lowest BCUT2D eigenvalue weighted by Gasteiger charge is -2.37. The van der Waals surface area contributed by atoms with Crippen LogP contribution in [0.5, 0.6) is 0 Å². The number of rotatable bonds is 1. The Morgan fingerprint density at radius 2 is 1.67 bits per heavy atom. The maximum absolute atomic E-state index is 10.8. The van der Waals surface area contributed by atoms with E-state index in [9.17, 15) is 4.79 Å². The first kappa shape index (κ1) is 8.09. The van der Waals surface area contributed by atoms with E-state index in [1.165, 1.54) is 25.7 Å². The topological polar surface area (TPSA) is 37.3 Å². The molecule has 0 aliphatic heterocycles. The van der Waals surface area contributed by atoms with E-state index in [0.717, 1.165) is 24.7 Å². The van der Waals surface area contributed by atoms with Gasteiger partial charge in [0, 0.05) is 0 Å². The minimum Gasteiger partial charge on any atom is -0.481 e. The smallest absolute Gasteiger partial charge is 0.306 e. The second-order valence-corrected chi connectivity index (χ2v) is 4.41. The summed E-state index contributed by atoms with van der Waals surface area (Å²) in [6, 6.07) is 0. The highest BCUT2D eigenvalue weighted by Crippen LogP contribution is 2.42. The van der Waals surface area contributed by atoms with Crippen molar-refractivity contribution in [2.75, 3.05) is 0 Å². The molecule has 1 N–H and O–H groups in total. The number of carboxylic acid groups (broad SMARTS) is 1. The molecule has 68 valence electrons. The predicted octanol–water partition coefficient (Wildman–Crippen LogP) is 2.29. The fraction of sp³-hybridized carbons (Fsp3) is 0.900. The van der Waals surface area contributed by atoms with E-state index in [1.54, 1.807) is 0 Å². The standard InChI is InChI=1S/C10H16O2/c11-10(12)9-5-7-2-1-3-8(4-7)6-9/h7-9H,1-6H2,(H,11,12)/t7-,8?,9+/m0/s1. The SMILES string of the molecule is O=C(O)[C@H]1CC2CCC[C@@H](C2)C1. The van der Waals surface area contributed by atoms with Crippen molar-refractivity contribution in [3.05, 3.63) is 0 Å². The van der Waals surface area contributed by atoms with Gasteiger partial charge >= 0.3 is 5.97 Å². The molecule has 2 rings (SSSR count). The molecule has 2 bridgehead atoms. The molecular weight excluding hydrogens is 152 g/mol. The van der Waals surface area contributed by atoms with Gasteiger partial charge in [0.05, 0.1) is 5.92 Å². The second-order valence-electron chi connectivity index (χ2n) is 4.41. The first-order valence-electron chi connectivity index (χ1n) is 4.98. The number of hydrogen-bond donors (Lipinski definition) is 1. The molecule has 12 heavy (non-hydrogen) atoms. The van der Waals surface area contributed by atoms with Crippen LogP contribution in [0.1, 0.15) is 38.5 Å². The summed E-state index contributed by atoms with van der Waals surface area (Å²) in [5, 5.41) is 8.89. The molecule has 2 nitrogen and oxygen atoms in total. The van der Waals surface area contributed by atoms with Gasteiger partial charge < -0.3 is 5.11 Å². The second kappa shape index (κ2) is 3.08. The van der Waals surface area contributed by atoms with Crippen molar-refractivity contribution in [3.63, 3.8) is 0 Å². The van der Waals surface area contributed by atoms with Gasteiger partial charge in [-0.1, -0.05) is 19.3 Å². The quantitative estimate of drug-likeness (QED) is 0.652. The summed E-state index contributed by atoms with van der Waals surface area (Å²) >= 11 is 0. The largest absolute Gasteiger partial charge is 0.481 e. The Labute approximate surface area is 73.0 Å². The van der Waals surface area contributed by atoms with Crippen LogP contribution in [0.2, 0.25) is 0 Å². The molecule has 2 heteroatoms. The van der Waals surface area contributed by atoms with Crippen LogP contribution in [0, 0.1) is 17.8 Å². The number of carbonyl (C=O) groups is 1. The predicted molar refractivity (Wildman–Crippen MR) is 45.8 cm³/mol. The van der Waals surface area contributed by atoms with Crippen molar-refractivity contribution >= 4 is 5.97 Å². The van der Waals surface area contributed by atoms with Crippen LogP contribution in [0.4, 0.5) is 0 Å². The molecule has 1 unspecified atom stereocenters. The van der Waals surface area contributed by atoms with Crippen LogP contribution in [-0.4, -0.2) is 11.1 Å². The van der Waals surface area contributed by atoms with E-state index in [1.807, 2.05) is 0 Å². The lowest BCUT2D eigenvalue weighted by molar-refractivity contribution is -0.144. The van der Waals surface area contributed by atoms with Crippen molar-refractivity contribution in [2.45, 2.75) is 38.5 Å². The zero-order valence-corrected chi connectivity index (χ0v) is 7.33. The molecule has 0 radical (unpaired) electrons. The van der Waals surface area contributed by atoms with E-state index in [-0.39, 0.29) is 5.92 Å². The van der Waals surface area contributed by atoms with Gasteiger partial charge in [0.15, 0.2) is 0 Å². The Kier molecular flexibility index (Phi) is 2.07. The molecular formula is C10H16O2. The van der Waals surface area contributed by atoms with Gasteiger partial charge in [-0.25, -0.2) is 0 Å². The molecule has 0 aromatic rings. The van der Waals surface area contributed by atoms with Gasteiger partial charge in [-0.15, -0.1) is 0 Å². The van der Waals surface area contributed by atoms with E-state index in [4.69, 9.17) is 5.11 Å². The van der Waals surface area contributed by atoms with Crippen molar-refractivity contribution in [1.82, 2.24) is 0 Å². The molecule has 0 aromatic carbocycles. The van der Waals surface area contributed by atoms with E-state index < -0.39 is 5.97 Å². The van der Waals surface area contributed by atoms with Crippen LogP contribution in [0.25, 0.3) is 0 Å². The van der Waals surface area contributed by atoms with Crippen LogP contribution in [-0.2, 0) is 4.79 Å². The Hall–Kier alpha value is -0.530. The fourth-order valence-electron chi connectivity index (χ4n) is 2.93. The molecule has 2 aliphatic rings. The number of fused-ring (bicyclic) bond motifs is 2. The van der Waals surface area contributed by atoms with Crippen LogP contribution < -0.4 is 0 Å². The number of carboxylic acids is 1. The molecule has 2 fully saturated rings. The summed E-state index contributed by atoms with van der Waals surface area (Å²) in [6.45, 7) is 0. The lowest BCUT2D eigenvalue weighted by atomic mass is 9.68. The number of aliphatic carboxylic acids is 1. The van der Waals surface area contributed by atoms with Gasteiger partial charge in [-0.05, 0) is 31.1 Å². The molecule has 2 aliphatic carbocycles. The average molecular weight is 168 g/mol.